The number of urea groups is 1. The Kier molecular flexibility index (Phi) is 12.7. The Balaban J connectivity index is 0.00000450. The molecular formula is C21H37IN6O2. The Bertz CT molecular complexity index is 647. The van der Waals surface area contributed by atoms with Crippen LogP contribution < -0.4 is 21.3 Å². The van der Waals surface area contributed by atoms with E-state index in [1.165, 1.54) is 0 Å². The van der Waals surface area contributed by atoms with E-state index in [4.69, 9.17) is 4.74 Å². The highest BCUT2D eigenvalue weighted by atomic mass is 127. The quantitative estimate of drug-likeness (QED) is 0.235. The van der Waals surface area contributed by atoms with Gasteiger partial charge in [-0.1, -0.05) is 12.1 Å². The van der Waals surface area contributed by atoms with E-state index in [0.717, 1.165) is 56.6 Å². The van der Waals surface area contributed by atoms with Crippen LogP contribution in [0, 0.1) is 0 Å². The lowest BCUT2D eigenvalue weighted by Crippen LogP contribution is -2.49. The maximum atomic E-state index is 11.8. The second-order valence-corrected chi connectivity index (χ2v) is 7.52. The third-order valence-corrected chi connectivity index (χ3v) is 4.63. The van der Waals surface area contributed by atoms with E-state index in [0.29, 0.717) is 12.6 Å². The fraction of sp³-hybridized carbons (Fsp3) is 0.619. The lowest BCUT2D eigenvalue weighted by atomic mass is 10.2. The molecule has 0 radical (unpaired) electrons. The molecule has 0 saturated carbocycles. The number of nitrogens with zero attached hydrogens (tertiary/aromatic N) is 2. The highest BCUT2D eigenvalue weighted by Gasteiger charge is 2.17. The van der Waals surface area contributed by atoms with Crippen molar-refractivity contribution in [3.05, 3.63) is 29.8 Å². The summed E-state index contributed by atoms with van der Waals surface area (Å²) >= 11 is 0. The molecule has 1 aromatic rings. The molecule has 9 heteroatoms. The molecule has 170 valence electrons. The summed E-state index contributed by atoms with van der Waals surface area (Å²) in [6, 6.07) is 8.08. The maximum absolute atomic E-state index is 11.8. The highest BCUT2D eigenvalue weighted by Crippen LogP contribution is 2.10. The molecule has 0 spiro atoms. The zero-order valence-corrected chi connectivity index (χ0v) is 20.9. The Morgan fingerprint density at radius 3 is 2.40 bits per heavy atom. The molecule has 1 saturated heterocycles. The molecule has 4 N–H and O–H groups in total. The number of hydrogen-bond donors (Lipinski definition) is 4. The number of carbonyl (C=O) groups is 1. The molecule has 0 bridgehead atoms. The average Bonchev–Trinajstić information content (AvgIpc) is 2.71. The minimum atomic E-state index is -0.196. The van der Waals surface area contributed by atoms with Gasteiger partial charge in [-0.3, -0.25) is 4.90 Å². The Labute approximate surface area is 197 Å². The molecule has 2 rings (SSSR count). The first-order valence-electron chi connectivity index (χ1n) is 10.5. The molecule has 0 aromatic heterocycles. The summed E-state index contributed by atoms with van der Waals surface area (Å²) in [6.07, 6.45) is 0. The zero-order chi connectivity index (χ0) is 21.1. The normalized spacial score (nSPS) is 15.8. The number of aliphatic imine (C=N–C) groups is 1. The second kappa shape index (κ2) is 14.4. The number of rotatable bonds is 8. The zero-order valence-electron chi connectivity index (χ0n) is 18.5. The van der Waals surface area contributed by atoms with Gasteiger partial charge in [0.1, 0.15) is 0 Å². The van der Waals surface area contributed by atoms with Gasteiger partial charge in [-0.2, -0.15) is 0 Å². The van der Waals surface area contributed by atoms with E-state index in [-0.39, 0.29) is 36.0 Å². The minimum Gasteiger partial charge on any atom is -0.379 e. The van der Waals surface area contributed by atoms with E-state index < -0.39 is 0 Å². The number of amides is 2. The van der Waals surface area contributed by atoms with E-state index >= 15 is 0 Å². The van der Waals surface area contributed by atoms with Crippen LogP contribution in [0.2, 0.25) is 0 Å². The predicted octanol–water partition coefficient (Wildman–Crippen LogP) is 2.61. The van der Waals surface area contributed by atoms with Gasteiger partial charge < -0.3 is 26.0 Å². The second-order valence-electron chi connectivity index (χ2n) is 7.52. The van der Waals surface area contributed by atoms with Gasteiger partial charge in [0.05, 0.1) is 19.8 Å². The van der Waals surface area contributed by atoms with Gasteiger partial charge in [-0.25, -0.2) is 9.79 Å². The van der Waals surface area contributed by atoms with Gasteiger partial charge >= 0.3 is 6.03 Å². The number of ether oxygens (including phenoxy) is 1. The van der Waals surface area contributed by atoms with Gasteiger partial charge in [-0.05, 0) is 45.4 Å². The third kappa shape index (κ3) is 9.94. The molecule has 1 unspecified atom stereocenters. The van der Waals surface area contributed by atoms with Crippen LogP contribution in [0.5, 0.6) is 0 Å². The van der Waals surface area contributed by atoms with Crippen molar-refractivity contribution in [2.24, 2.45) is 4.99 Å². The standard InChI is InChI=1S/C21H36N6O2.HI/c1-5-22-20(23-14-17(4)27-10-12-29-13-11-27)24-15-18-6-8-19(9-7-18)26-21(28)25-16(2)3;/h6-9,16-17H,5,10-15H2,1-4H3,(H2,22,23,24)(H2,25,26,28);1H. The Morgan fingerprint density at radius 1 is 1.13 bits per heavy atom. The van der Waals surface area contributed by atoms with Crippen molar-refractivity contribution < 1.29 is 9.53 Å². The monoisotopic (exact) mass is 532 g/mol. The molecule has 1 heterocycles. The van der Waals surface area contributed by atoms with Gasteiger partial charge in [0, 0.05) is 44.0 Å². The summed E-state index contributed by atoms with van der Waals surface area (Å²) in [7, 11) is 0. The fourth-order valence-corrected chi connectivity index (χ4v) is 3.03. The van der Waals surface area contributed by atoms with E-state index in [1.54, 1.807) is 0 Å². The van der Waals surface area contributed by atoms with Gasteiger partial charge in [-0.15, -0.1) is 24.0 Å². The van der Waals surface area contributed by atoms with Crippen molar-refractivity contribution in [1.29, 1.82) is 0 Å². The molecule has 1 aromatic carbocycles. The largest absolute Gasteiger partial charge is 0.379 e. The molecule has 30 heavy (non-hydrogen) atoms. The molecule has 1 aliphatic heterocycles. The summed E-state index contributed by atoms with van der Waals surface area (Å²) < 4.78 is 5.42. The average molecular weight is 532 g/mol. The number of morpholine rings is 1. The SMILES string of the molecule is CCNC(=NCc1ccc(NC(=O)NC(C)C)cc1)NCC(C)N1CCOCC1.I. The number of carbonyl (C=O) groups excluding carboxylic acids is 1. The van der Waals surface area contributed by atoms with Crippen molar-refractivity contribution in [2.45, 2.75) is 46.3 Å². The van der Waals surface area contributed by atoms with Crippen LogP contribution in [0.3, 0.4) is 0 Å². The minimum absolute atomic E-state index is 0. The summed E-state index contributed by atoms with van der Waals surface area (Å²) in [6.45, 7) is 13.9. The lowest BCUT2D eigenvalue weighted by molar-refractivity contribution is 0.0211. The van der Waals surface area contributed by atoms with Crippen LogP contribution in [-0.2, 0) is 11.3 Å². The van der Waals surface area contributed by atoms with Crippen LogP contribution >= 0.6 is 24.0 Å². The molecule has 1 fully saturated rings. The molecule has 1 aliphatic rings. The highest BCUT2D eigenvalue weighted by molar-refractivity contribution is 14.0. The Morgan fingerprint density at radius 2 is 1.80 bits per heavy atom. The van der Waals surface area contributed by atoms with Crippen molar-refractivity contribution in [3.63, 3.8) is 0 Å². The van der Waals surface area contributed by atoms with E-state index in [2.05, 4.69) is 45.0 Å². The first-order chi connectivity index (χ1) is 14.0. The van der Waals surface area contributed by atoms with Crippen molar-refractivity contribution in [1.82, 2.24) is 20.9 Å². The maximum Gasteiger partial charge on any atom is 0.319 e. The van der Waals surface area contributed by atoms with Crippen molar-refractivity contribution >= 4 is 41.7 Å². The van der Waals surface area contributed by atoms with Crippen LogP contribution in [0.15, 0.2) is 29.3 Å². The Hall–Kier alpha value is -1.59. The lowest BCUT2D eigenvalue weighted by Gasteiger charge is -2.32. The van der Waals surface area contributed by atoms with Crippen molar-refractivity contribution in [3.8, 4) is 0 Å². The number of benzene rings is 1. The van der Waals surface area contributed by atoms with Gasteiger partial charge in [0.2, 0.25) is 0 Å². The predicted molar refractivity (Wildman–Crippen MR) is 134 cm³/mol. The molecular weight excluding hydrogens is 495 g/mol. The van der Waals surface area contributed by atoms with Crippen LogP contribution in [0.1, 0.15) is 33.3 Å². The molecule has 0 aliphatic carbocycles. The van der Waals surface area contributed by atoms with E-state index in [9.17, 15) is 4.79 Å². The van der Waals surface area contributed by atoms with Crippen LogP contribution in [-0.4, -0.2) is 68.4 Å². The van der Waals surface area contributed by atoms with Crippen LogP contribution in [0.4, 0.5) is 10.5 Å². The first kappa shape index (κ1) is 26.4. The van der Waals surface area contributed by atoms with Crippen LogP contribution in [0.25, 0.3) is 0 Å². The number of anilines is 1. The number of guanidine groups is 1. The van der Waals surface area contributed by atoms with Gasteiger partial charge in [0.25, 0.3) is 0 Å². The summed E-state index contributed by atoms with van der Waals surface area (Å²) in [5.41, 5.74) is 1.85. The number of hydrogen-bond acceptors (Lipinski definition) is 4. The third-order valence-electron chi connectivity index (χ3n) is 4.63. The number of halogens is 1. The summed E-state index contributed by atoms with van der Waals surface area (Å²) in [5.74, 6) is 0.811. The molecule has 1 atom stereocenters. The first-order valence-corrected chi connectivity index (χ1v) is 10.5. The number of nitrogens with one attached hydrogen (secondary N) is 4. The summed E-state index contributed by atoms with van der Waals surface area (Å²) in [4.78, 5) is 18.9. The van der Waals surface area contributed by atoms with E-state index in [1.807, 2.05) is 38.1 Å². The smallest absolute Gasteiger partial charge is 0.319 e. The topological polar surface area (TPSA) is 90.0 Å². The van der Waals surface area contributed by atoms with Gasteiger partial charge in [0.15, 0.2) is 5.96 Å². The fourth-order valence-electron chi connectivity index (χ4n) is 3.03. The molecule has 8 nitrogen and oxygen atoms in total. The van der Waals surface area contributed by atoms with Crippen molar-refractivity contribution in [2.75, 3.05) is 44.7 Å². The summed E-state index contributed by atoms with van der Waals surface area (Å²) in [5, 5.41) is 12.4. The molecule has 2 amide bonds.